The van der Waals surface area contributed by atoms with Crippen LogP contribution in [-0.2, 0) is 4.79 Å². The van der Waals surface area contributed by atoms with E-state index in [1.807, 2.05) is 12.1 Å². The third-order valence-electron chi connectivity index (χ3n) is 4.57. The number of hydrogen-bond donors (Lipinski definition) is 1. The zero-order chi connectivity index (χ0) is 18.1. The van der Waals surface area contributed by atoms with Gasteiger partial charge in [0.15, 0.2) is 11.5 Å². The Morgan fingerprint density at radius 1 is 1.23 bits per heavy atom. The molecule has 26 heavy (non-hydrogen) atoms. The minimum Gasteiger partial charge on any atom is -0.486 e. The lowest BCUT2D eigenvalue weighted by Gasteiger charge is -2.18. The van der Waals surface area contributed by atoms with Crippen molar-refractivity contribution in [1.29, 1.82) is 5.26 Å². The van der Waals surface area contributed by atoms with Crippen LogP contribution in [0.5, 0.6) is 11.5 Å². The maximum Gasteiger partial charge on any atom is 0.266 e. The molecule has 0 saturated heterocycles. The first-order valence-corrected chi connectivity index (χ1v) is 8.56. The molecule has 132 valence electrons. The van der Waals surface area contributed by atoms with E-state index in [1.54, 1.807) is 24.3 Å². The Bertz CT molecular complexity index is 922. The molecule has 2 aromatic rings. The fourth-order valence-electron chi connectivity index (χ4n) is 2.97. The number of benzene rings is 1. The van der Waals surface area contributed by atoms with Gasteiger partial charge in [-0.05, 0) is 36.6 Å². The van der Waals surface area contributed by atoms with Crippen molar-refractivity contribution in [2.75, 3.05) is 18.5 Å². The lowest BCUT2D eigenvalue weighted by atomic mass is 10.2. The van der Waals surface area contributed by atoms with Crippen LogP contribution in [0.1, 0.15) is 30.8 Å². The fraction of sp³-hybridized carbons (Fsp3) is 0.300. The molecule has 1 aromatic carbocycles. The number of nitriles is 1. The van der Waals surface area contributed by atoms with E-state index in [1.165, 1.54) is 6.08 Å². The van der Waals surface area contributed by atoms with Crippen LogP contribution in [0.2, 0.25) is 0 Å². The third kappa shape index (κ3) is 3.29. The molecule has 0 spiro atoms. The zero-order valence-corrected chi connectivity index (χ0v) is 14.3. The summed E-state index contributed by atoms with van der Waals surface area (Å²) in [5, 5.41) is 12.0. The van der Waals surface area contributed by atoms with Gasteiger partial charge in [0.1, 0.15) is 36.4 Å². The Kier molecular flexibility index (Phi) is 4.13. The van der Waals surface area contributed by atoms with Crippen molar-refractivity contribution in [3.63, 3.8) is 0 Å². The molecule has 0 unspecified atom stereocenters. The molecule has 6 heteroatoms. The first-order valence-electron chi connectivity index (χ1n) is 8.56. The normalized spacial score (nSPS) is 21.0. The Hall–Kier alpha value is -3.20. The first kappa shape index (κ1) is 16.3. The van der Waals surface area contributed by atoms with E-state index in [2.05, 4.69) is 12.2 Å². The number of amides is 1. The standard InChI is InChI=1S/C20H18N2O4/c1-12-8-16(12)17-5-3-15(26-17)9-13(11-21)20(23)22-14-2-4-18-19(10-14)25-7-6-24-18/h2-5,9-10,12,16H,6-8H2,1H3,(H,22,23)/b13-9+/t12-,16+/m1/s1. The average molecular weight is 350 g/mol. The maximum atomic E-state index is 12.4. The van der Waals surface area contributed by atoms with Crippen LogP contribution in [-0.4, -0.2) is 19.1 Å². The van der Waals surface area contributed by atoms with Crippen molar-refractivity contribution in [2.45, 2.75) is 19.3 Å². The lowest BCUT2D eigenvalue weighted by Crippen LogP contribution is -2.17. The van der Waals surface area contributed by atoms with Crippen LogP contribution in [0.4, 0.5) is 5.69 Å². The van der Waals surface area contributed by atoms with E-state index >= 15 is 0 Å². The molecule has 2 heterocycles. The van der Waals surface area contributed by atoms with E-state index in [9.17, 15) is 10.1 Å². The molecule has 1 N–H and O–H groups in total. The summed E-state index contributed by atoms with van der Waals surface area (Å²) >= 11 is 0. The van der Waals surface area contributed by atoms with Gasteiger partial charge >= 0.3 is 0 Å². The summed E-state index contributed by atoms with van der Waals surface area (Å²) < 4.78 is 16.7. The molecule has 1 fully saturated rings. The molecule has 1 amide bonds. The van der Waals surface area contributed by atoms with Crippen LogP contribution in [0.3, 0.4) is 0 Å². The molecule has 4 rings (SSSR count). The second-order valence-electron chi connectivity index (χ2n) is 6.54. The molecule has 0 radical (unpaired) electrons. The Labute approximate surface area is 151 Å². The van der Waals surface area contributed by atoms with Gasteiger partial charge in [0.25, 0.3) is 5.91 Å². The molecule has 1 saturated carbocycles. The molecule has 0 bridgehead atoms. The number of nitrogens with one attached hydrogen (secondary N) is 1. The smallest absolute Gasteiger partial charge is 0.266 e. The Morgan fingerprint density at radius 2 is 2.00 bits per heavy atom. The maximum absolute atomic E-state index is 12.4. The van der Waals surface area contributed by atoms with Crippen LogP contribution in [0.15, 0.2) is 40.3 Å². The first-order chi connectivity index (χ1) is 12.6. The van der Waals surface area contributed by atoms with Gasteiger partial charge in [0.2, 0.25) is 0 Å². The second kappa shape index (κ2) is 6.60. The highest BCUT2D eigenvalue weighted by Crippen LogP contribution is 2.47. The number of anilines is 1. The van der Waals surface area contributed by atoms with Gasteiger partial charge in [-0.1, -0.05) is 6.92 Å². The Balaban J connectivity index is 1.48. The Morgan fingerprint density at radius 3 is 2.73 bits per heavy atom. The molecule has 1 aliphatic heterocycles. The van der Waals surface area contributed by atoms with Crippen molar-refractivity contribution in [3.8, 4) is 17.6 Å². The predicted molar refractivity (Wildman–Crippen MR) is 94.9 cm³/mol. The van der Waals surface area contributed by atoms with Crippen LogP contribution >= 0.6 is 0 Å². The number of ether oxygens (including phenoxy) is 2. The lowest BCUT2D eigenvalue weighted by molar-refractivity contribution is -0.112. The van der Waals surface area contributed by atoms with Crippen molar-refractivity contribution in [2.24, 2.45) is 5.92 Å². The molecule has 2 atom stereocenters. The van der Waals surface area contributed by atoms with Crippen molar-refractivity contribution >= 4 is 17.7 Å². The molecular weight excluding hydrogens is 332 g/mol. The van der Waals surface area contributed by atoms with Crippen LogP contribution < -0.4 is 14.8 Å². The van der Waals surface area contributed by atoms with Crippen molar-refractivity contribution in [1.82, 2.24) is 0 Å². The van der Waals surface area contributed by atoms with E-state index in [0.717, 1.165) is 12.2 Å². The summed E-state index contributed by atoms with van der Waals surface area (Å²) in [5.41, 5.74) is 0.511. The molecular formula is C20H18N2O4. The van der Waals surface area contributed by atoms with Crippen molar-refractivity contribution < 1.29 is 18.7 Å². The van der Waals surface area contributed by atoms with E-state index in [0.29, 0.717) is 48.0 Å². The number of fused-ring (bicyclic) bond motifs is 1. The summed E-state index contributed by atoms with van der Waals surface area (Å²) in [5.74, 6) is 3.22. The summed E-state index contributed by atoms with van der Waals surface area (Å²) in [7, 11) is 0. The van der Waals surface area contributed by atoms with Crippen LogP contribution in [0, 0.1) is 17.2 Å². The third-order valence-corrected chi connectivity index (χ3v) is 4.57. The molecule has 1 aromatic heterocycles. The zero-order valence-electron chi connectivity index (χ0n) is 14.3. The SMILES string of the molecule is C[C@@H]1C[C@@H]1c1ccc(/C=C(\C#N)C(=O)Nc2ccc3c(c2)OCCO3)o1. The van der Waals surface area contributed by atoms with Gasteiger partial charge < -0.3 is 19.2 Å². The molecule has 2 aliphatic rings. The number of hydrogen-bond acceptors (Lipinski definition) is 5. The van der Waals surface area contributed by atoms with E-state index < -0.39 is 5.91 Å². The van der Waals surface area contributed by atoms with Gasteiger partial charge in [0, 0.05) is 23.7 Å². The number of carbonyl (C=O) groups is 1. The fourth-order valence-corrected chi connectivity index (χ4v) is 2.97. The summed E-state index contributed by atoms with van der Waals surface area (Å²) in [6.07, 6.45) is 2.58. The number of nitrogens with zero attached hydrogens (tertiary/aromatic N) is 1. The molecule has 1 aliphatic carbocycles. The summed E-state index contributed by atoms with van der Waals surface area (Å²) in [4.78, 5) is 12.4. The van der Waals surface area contributed by atoms with Gasteiger partial charge in [-0.2, -0.15) is 5.26 Å². The molecule has 6 nitrogen and oxygen atoms in total. The monoisotopic (exact) mass is 350 g/mol. The number of furan rings is 1. The van der Waals surface area contributed by atoms with Gasteiger partial charge in [-0.15, -0.1) is 0 Å². The summed E-state index contributed by atoms with van der Waals surface area (Å²) in [6.45, 7) is 3.14. The minimum absolute atomic E-state index is 0.0235. The van der Waals surface area contributed by atoms with Gasteiger partial charge in [-0.25, -0.2) is 0 Å². The van der Waals surface area contributed by atoms with E-state index in [4.69, 9.17) is 13.9 Å². The average Bonchev–Trinajstić information content (AvgIpc) is 3.20. The summed E-state index contributed by atoms with van der Waals surface area (Å²) in [6, 6.07) is 10.7. The number of rotatable bonds is 4. The largest absolute Gasteiger partial charge is 0.486 e. The van der Waals surface area contributed by atoms with Gasteiger partial charge in [0.05, 0.1) is 0 Å². The van der Waals surface area contributed by atoms with E-state index in [-0.39, 0.29) is 5.57 Å². The van der Waals surface area contributed by atoms with Crippen LogP contribution in [0.25, 0.3) is 6.08 Å². The quantitative estimate of drug-likeness (QED) is 0.671. The minimum atomic E-state index is -0.498. The predicted octanol–water partition coefficient (Wildman–Crippen LogP) is 3.72. The highest BCUT2D eigenvalue weighted by atomic mass is 16.6. The van der Waals surface area contributed by atoms with Crippen molar-refractivity contribution in [3.05, 3.63) is 47.4 Å². The highest BCUT2D eigenvalue weighted by molar-refractivity contribution is 6.09. The highest BCUT2D eigenvalue weighted by Gasteiger charge is 2.36. The second-order valence-corrected chi connectivity index (χ2v) is 6.54. The topological polar surface area (TPSA) is 84.5 Å². The number of carbonyl (C=O) groups excluding carboxylic acids is 1. The van der Waals surface area contributed by atoms with Gasteiger partial charge in [-0.3, -0.25) is 4.79 Å².